The van der Waals surface area contributed by atoms with Crippen LogP contribution in [-0.2, 0) is 16.2 Å². The summed E-state index contributed by atoms with van der Waals surface area (Å²) in [6.45, 7) is 2.45. The SMILES string of the molecule is CCOc1cc(/C=C2\C(=O)NC(=O)N(c3ccc(OCc4ccccc4)cc3)C2=O)cc(Br)c1O. The third-order valence-corrected chi connectivity index (χ3v) is 5.71. The first-order chi connectivity index (χ1) is 16.9. The van der Waals surface area contributed by atoms with Gasteiger partial charge < -0.3 is 14.6 Å². The van der Waals surface area contributed by atoms with E-state index in [-0.39, 0.29) is 22.8 Å². The molecule has 9 heteroatoms. The van der Waals surface area contributed by atoms with Crippen LogP contribution >= 0.6 is 15.9 Å². The summed E-state index contributed by atoms with van der Waals surface area (Å²) in [4.78, 5) is 39.0. The van der Waals surface area contributed by atoms with Crippen LogP contribution in [0.15, 0.2) is 76.8 Å². The number of phenols is 1. The number of nitrogens with zero attached hydrogens (tertiary/aromatic N) is 1. The molecular weight excluding hydrogens is 516 g/mol. The molecule has 1 heterocycles. The topological polar surface area (TPSA) is 105 Å². The second-order valence-electron chi connectivity index (χ2n) is 7.51. The summed E-state index contributed by atoms with van der Waals surface area (Å²) >= 11 is 3.23. The lowest BCUT2D eigenvalue weighted by Gasteiger charge is -2.26. The molecule has 4 amide bonds. The smallest absolute Gasteiger partial charge is 0.335 e. The number of ether oxygens (including phenoxy) is 2. The maximum atomic E-state index is 13.2. The van der Waals surface area contributed by atoms with E-state index >= 15 is 0 Å². The number of carbonyl (C=O) groups excluding carboxylic acids is 3. The van der Waals surface area contributed by atoms with Gasteiger partial charge in [-0.1, -0.05) is 30.3 Å². The predicted octanol–water partition coefficient (Wildman–Crippen LogP) is 4.80. The Balaban J connectivity index is 1.57. The first-order valence-corrected chi connectivity index (χ1v) is 11.5. The highest BCUT2D eigenvalue weighted by Crippen LogP contribution is 2.36. The first kappa shape index (κ1) is 24.0. The van der Waals surface area contributed by atoms with Crippen molar-refractivity contribution in [2.45, 2.75) is 13.5 Å². The van der Waals surface area contributed by atoms with Gasteiger partial charge in [0.15, 0.2) is 11.5 Å². The van der Waals surface area contributed by atoms with Crippen LogP contribution in [0, 0.1) is 0 Å². The van der Waals surface area contributed by atoms with Gasteiger partial charge >= 0.3 is 6.03 Å². The Morgan fingerprint density at radius 1 is 1.00 bits per heavy atom. The van der Waals surface area contributed by atoms with Gasteiger partial charge in [0, 0.05) is 0 Å². The molecule has 4 rings (SSSR count). The monoisotopic (exact) mass is 536 g/mol. The van der Waals surface area contributed by atoms with Gasteiger partial charge in [-0.25, -0.2) is 9.69 Å². The number of phenolic OH excluding ortho intramolecular Hbond substituents is 1. The number of hydrogen-bond acceptors (Lipinski definition) is 6. The predicted molar refractivity (Wildman–Crippen MR) is 133 cm³/mol. The van der Waals surface area contributed by atoms with E-state index in [2.05, 4.69) is 21.2 Å². The summed E-state index contributed by atoms with van der Waals surface area (Å²) in [5, 5.41) is 12.3. The lowest BCUT2D eigenvalue weighted by molar-refractivity contribution is -0.122. The Hall–Kier alpha value is -4.11. The van der Waals surface area contributed by atoms with Crippen molar-refractivity contribution in [1.29, 1.82) is 0 Å². The van der Waals surface area contributed by atoms with Crippen molar-refractivity contribution in [1.82, 2.24) is 5.32 Å². The molecule has 3 aromatic carbocycles. The van der Waals surface area contributed by atoms with Crippen molar-refractivity contribution in [3.05, 3.63) is 87.9 Å². The van der Waals surface area contributed by atoms with E-state index in [0.29, 0.717) is 29.0 Å². The Kier molecular flexibility index (Phi) is 7.17. The molecule has 1 saturated heterocycles. The van der Waals surface area contributed by atoms with Crippen LogP contribution in [0.5, 0.6) is 17.2 Å². The fraction of sp³-hybridized carbons (Fsp3) is 0.115. The molecule has 178 valence electrons. The van der Waals surface area contributed by atoms with Crippen LogP contribution in [-0.4, -0.2) is 29.6 Å². The van der Waals surface area contributed by atoms with Crippen molar-refractivity contribution < 1.29 is 29.0 Å². The average Bonchev–Trinajstić information content (AvgIpc) is 2.85. The van der Waals surface area contributed by atoms with Crippen molar-refractivity contribution in [2.75, 3.05) is 11.5 Å². The molecule has 0 aromatic heterocycles. The quantitative estimate of drug-likeness (QED) is 0.332. The van der Waals surface area contributed by atoms with E-state index in [1.165, 1.54) is 18.2 Å². The van der Waals surface area contributed by atoms with E-state index < -0.39 is 17.8 Å². The maximum absolute atomic E-state index is 13.2. The molecule has 0 aliphatic carbocycles. The van der Waals surface area contributed by atoms with Crippen molar-refractivity contribution in [3.63, 3.8) is 0 Å². The Labute approximate surface area is 209 Å². The van der Waals surface area contributed by atoms with E-state index in [1.54, 1.807) is 31.2 Å². The standard InChI is InChI=1S/C26H21BrN2O6/c1-2-34-22-14-17(13-21(27)23(22)30)12-20-24(31)28-26(33)29(25(20)32)18-8-10-19(11-9-18)35-15-16-6-4-3-5-7-16/h3-14,30H,2,15H2,1H3,(H,28,31,33)/b20-12+. The van der Waals surface area contributed by atoms with Crippen LogP contribution in [0.1, 0.15) is 18.1 Å². The van der Waals surface area contributed by atoms with E-state index in [9.17, 15) is 19.5 Å². The molecule has 0 radical (unpaired) electrons. The molecule has 1 aliphatic rings. The molecule has 8 nitrogen and oxygen atoms in total. The molecule has 0 spiro atoms. The van der Waals surface area contributed by atoms with Crippen LogP contribution < -0.4 is 19.7 Å². The Bertz CT molecular complexity index is 1310. The number of anilines is 1. The van der Waals surface area contributed by atoms with Crippen LogP contribution in [0.25, 0.3) is 6.08 Å². The van der Waals surface area contributed by atoms with Crippen LogP contribution in [0.3, 0.4) is 0 Å². The number of benzene rings is 3. The van der Waals surface area contributed by atoms with E-state index in [4.69, 9.17) is 9.47 Å². The molecule has 2 N–H and O–H groups in total. The normalized spacial score (nSPS) is 14.7. The summed E-state index contributed by atoms with van der Waals surface area (Å²) in [7, 11) is 0. The summed E-state index contributed by atoms with van der Waals surface area (Å²) in [6, 6.07) is 18.2. The highest BCUT2D eigenvalue weighted by atomic mass is 79.9. The number of barbiturate groups is 1. The molecule has 0 bridgehead atoms. The zero-order valence-electron chi connectivity index (χ0n) is 18.7. The molecule has 35 heavy (non-hydrogen) atoms. The van der Waals surface area contributed by atoms with Gasteiger partial charge in [0.1, 0.15) is 17.9 Å². The number of urea groups is 1. The zero-order valence-corrected chi connectivity index (χ0v) is 20.2. The van der Waals surface area contributed by atoms with Gasteiger partial charge in [0.05, 0.1) is 16.8 Å². The molecule has 1 aliphatic heterocycles. The largest absolute Gasteiger partial charge is 0.503 e. The minimum atomic E-state index is -0.850. The third kappa shape index (κ3) is 5.36. The van der Waals surface area contributed by atoms with E-state index in [0.717, 1.165) is 10.5 Å². The fourth-order valence-corrected chi connectivity index (χ4v) is 3.89. The molecule has 3 aromatic rings. The number of carbonyl (C=O) groups is 3. The first-order valence-electron chi connectivity index (χ1n) is 10.7. The van der Waals surface area contributed by atoms with Gasteiger partial charge in [-0.05, 0) is 76.5 Å². The van der Waals surface area contributed by atoms with Gasteiger partial charge in [-0.3, -0.25) is 14.9 Å². The van der Waals surface area contributed by atoms with E-state index in [1.807, 2.05) is 30.3 Å². The maximum Gasteiger partial charge on any atom is 0.335 e. The number of imide groups is 2. The summed E-state index contributed by atoms with van der Waals surface area (Å²) in [5.74, 6) is -0.942. The van der Waals surface area contributed by atoms with Crippen molar-refractivity contribution in [3.8, 4) is 17.2 Å². The second-order valence-corrected chi connectivity index (χ2v) is 8.36. The highest BCUT2D eigenvalue weighted by Gasteiger charge is 2.36. The Morgan fingerprint density at radius 2 is 1.71 bits per heavy atom. The highest BCUT2D eigenvalue weighted by molar-refractivity contribution is 9.10. The molecule has 1 fully saturated rings. The Morgan fingerprint density at radius 3 is 2.40 bits per heavy atom. The minimum Gasteiger partial charge on any atom is -0.503 e. The summed E-state index contributed by atoms with van der Waals surface area (Å²) in [5.41, 5.74) is 1.47. The minimum absolute atomic E-state index is 0.0974. The lowest BCUT2D eigenvalue weighted by atomic mass is 10.1. The van der Waals surface area contributed by atoms with Crippen molar-refractivity contribution >= 4 is 45.5 Å². The number of nitrogens with one attached hydrogen (secondary N) is 1. The number of rotatable bonds is 7. The van der Waals surface area contributed by atoms with Gasteiger partial charge in [-0.2, -0.15) is 0 Å². The lowest BCUT2D eigenvalue weighted by Crippen LogP contribution is -2.54. The second kappa shape index (κ2) is 10.4. The number of halogens is 1. The summed E-state index contributed by atoms with van der Waals surface area (Å²) < 4.78 is 11.5. The molecular formula is C26H21BrN2O6. The van der Waals surface area contributed by atoms with Gasteiger partial charge in [0.25, 0.3) is 11.8 Å². The number of hydrogen-bond donors (Lipinski definition) is 2. The molecule has 0 saturated carbocycles. The van der Waals surface area contributed by atoms with Gasteiger partial charge in [-0.15, -0.1) is 0 Å². The number of aromatic hydroxyl groups is 1. The van der Waals surface area contributed by atoms with Gasteiger partial charge in [0.2, 0.25) is 0 Å². The van der Waals surface area contributed by atoms with Crippen LogP contribution in [0.4, 0.5) is 10.5 Å². The summed E-state index contributed by atoms with van der Waals surface area (Å²) in [6.07, 6.45) is 1.33. The average molecular weight is 537 g/mol. The third-order valence-electron chi connectivity index (χ3n) is 5.11. The number of amides is 4. The fourth-order valence-electron chi connectivity index (χ4n) is 3.43. The van der Waals surface area contributed by atoms with Crippen molar-refractivity contribution in [2.24, 2.45) is 0 Å². The zero-order chi connectivity index (χ0) is 24.9. The van der Waals surface area contributed by atoms with Crippen LogP contribution in [0.2, 0.25) is 0 Å². The molecule has 0 unspecified atom stereocenters. The molecule has 0 atom stereocenters.